The number of aliphatic carboxylic acids is 1. The molecule has 0 aromatic rings. The molecule has 1 unspecified atom stereocenters. The molecule has 27 heavy (non-hydrogen) atoms. The number of ether oxygens (including phenoxy) is 3. The fourth-order valence-electron chi connectivity index (χ4n) is 4.38. The molecule has 5 nitrogen and oxygen atoms in total. The van der Waals surface area contributed by atoms with E-state index in [1.807, 2.05) is 55.4 Å². The maximum absolute atomic E-state index is 11.5. The van der Waals surface area contributed by atoms with Gasteiger partial charge in [-0.25, -0.2) is 0 Å². The Balaban J connectivity index is 5.25. The average Bonchev–Trinajstić information content (AvgIpc) is 2.31. The normalized spacial score (nSPS) is 16.5. The second-order valence-electron chi connectivity index (χ2n) is 10.7. The van der Waals surface area contributed by atoms with E-state index < -0.39 is 28.6 Å². The van der Waals surface area contributed by atoms with Gasteiger partial charge >= 0.3 is 5.97 Å². The lowest BCUT2D eigenvalue weighted by Crippen LogP contribution is -2.49. The largest absolute Gasteiger partial charge is 0.481 e. The Morgan fingerprint density at radius 3 is 1.74 bits per heavy atom. The van der Waals surface area contributed by atoms with E-state index in [0.717, 1.165) is 0 Å². The highest BCUT2D eigenvalue weighted by Gasteiger charge is 2.42. The molecule has 0 aromatic heterocycles. The van der Waals surface area contributed by atoms with Crippen LogP contribution < -0.4 is 0 Å². The molecule has 162 valence electrons. The maximum Gasteiger partial charge on any atom is 0.309 e. The van der Waals surface area contributed by atoms with Gasteiger partial charge in [-0.05, 0) is 87.0 Å². The van der Waals surface area contributed by atoms with Crippen molar-refractivity contribution < 1.29 is 24.1 Å². The minimum absolute atomic E-state index is 0.0475. The molecule has 0 aliphatic heterocycles. The zero-order valence-corrected chi connectivity index (χ0v) is 19.8. The van der Waals surface area contributed by atoms with Crippen LogP contribution in [0.15, 0.2) is 0 Å². The van der Waals surface area contributed by atoms with Crippen LogP contribution in [0, 0.1) is 10.8 Å². The van der Waals surface area contributed by atoms with E-state index >= 15 is 0 Å². The van der Waals surface area contributed by atoms with Crippen molar-refractivity contribution in [2.24, 2.45) is 10.8 Å². The van der Waals surface area contributed by atoms with Crippen molar-refractivity contribution in [2.45, 2.75) is 126 Å². The smallest absolute Gasteiger partial charge is 0.309 e. The van der Waals surface area contributed by atoms with Crippen molar-refractivity contribution >= 4 is 5.97 Å². The summed E-state index contributed by atoms with van der Waals surface area (Å²) in [6.07, 6.45) is 1.99. The van der Waals surface area contributed by atoms with Gasteiger partial charge in [-0.15, -0.1) is 0 Å². The first kappa shape index (κ1) is 26.4. The molecular formula is C22H44O5. The van der Waals surface area contributed by atoms with Crippen LogP contribution in [-0.2, 0) is 19.0 Å². The first-order valence-electron chi connectivity index (χ1n) is 10.1. The molecule has 0 saturated heterocycles. The summed E-state index contributed by atoms with van der Waals surface area (Å²) in [5, 5.41) is 9.46. The van der Waals surface area contributed by atoms with E-state index in [2.05, 4.69) is 13.8 Å². The molecule has 0 bridgehead atoms. The minimum atomic E-state index is -0.805. The Morgan fingerprint density at radius 1 is 0.889 bits per heavy atom. The Kier molecular flexibility index (Phi) is 8.58. The number of hydrogen-bond acceptors (Lipinski definition) is 4. The fourth-order valence-corrected chi connectivity index (χ4v) is 4.38. The van der Waals surface area contributed by atoms with E-state index in [1.165, 1.54) is 0 Å². The highest BCUT2D eigenvalue weighted by molar-refractivity contribution is 5.73. The molecule has 0 rings (SSSR count). The maximum atomic E-state index is 11.5. The van der Waals surface area contributed by atoms with Gasteiger partial charge in [0.15, 0.2) is 11.6 Å². The van der Waals surface area contributed by atoms with Crippen molar-refractivity contribution in [3.05, 3.63) is 0 Å². The van der Waals surface area contributed by atoms with Gasteiger partial charge in [-0.2, -0.15) is 0 Å². The van der Waals surface area contributed by atoms with Gasteiger partial charge in [-0.1, -0.05) is 20.8 Å². The van der Waals surface area contributed by atoms with Gasteiger partial charge < -0.3 is 19.3 Å². The molecule has 0 aliphatic carbocycles. The predicted molar refractivity (Wildman–Crippen MR) is 110 cm³/mol. The van der Waals surface area contributed by atoms with E-state index in [9.17, 15) is 9.90 Å². The van der Waals surface area contributed by atoms with Gasteiger partial charge in [-0.3, -0.25) is 4.79 Å². The molecule has 0 spiro atoms. The second-order valence-corrected chi connectivity index (χ2v) is 10.7. The SMILES string of the molecule is CCC(C)(OC(C)(C)CC(C)(C)CC(C)(C)C(=O)O)OC(C)(C)OC(C)C. The summed E-state index contributed by atoms with van der Waals surface area (Å²) < 4.78 is 18.6. The summed E-state index contributed by atoms with van der Waals surface area (Å²) in [5.74, 6) is -2.35. The molecular weight excluding hydrogens is 344 g/mol. The Morgan fingerprint density at radius 2 is 1.37 bits per heavy atom. The third kappa shape index (κ3) is 9.91. The summed E-state index contributed by atoms with van der Waals surface area (Å²) in [6, 6.07) is 0. The second kappa shape index (κ2) is 8.79. The first-order chi connectivity index (χ1) is 11.7. The summed E-state index contributed by atoms with van der Waals surface area (Å²) in [7, 11) is 0. The third-order valence-electron chi connectivity index (χ3n) is 4.52. The van der Waals surface area contributed by atoms with E-state index in [0.29, 0.717) is 19.3 Å². The minimum Gasteiger partial charge on any atom is -0.481 e. The monoisotopic (exact) mass is 388 g/mol. The molecule has 5 heteroatoms. The van der Waals surface area contributed by atoms with Crippen LogP contribution >= 0.6 is 0 Å². The summed E-state index contributed by atoms with van der Waals surface area (Å²) >= 11 is 0. The molecule has 0 amide bonds. The van der Waals surface area contributed by atoms with E-state index in [1.54, 1.807) is 13.8 Å². The topological polar surface area (TPSA) is 65.0 Å². The van der Waals surface area contributed by atoms with Gasteiger partial charge in [0.2, 0.25) is 0 Å². The van der Waals surface area contributed by atoms with Crippen LogP contribution in [0.2, 0.25) is 0 Å². The average molecular weight is 389 g/mol. The van der Waals surface area contributed by atoms with Gasteiger partial charge in [0.25, 0.3) is 0 Å². The van der Waals surface area contributed by atoms with E-state index in [-0.39, 0.29) is 11.5 Å². The number of carboxylic acids is 1. The quantitative estimate of drug-likeness (QED) is 0.415. The highest BCUT2D eigenvalue weighted by Crippen LogP contribution is 2.42. The predicted octanol–water partition coefficient (Wildman–Crippen LogP) is 6.00. The van der Waals surface area contributed by atoms with Crippen LogP contribution in [0.25, 0.3) is 0 Å². The van der Waals surface area contributed by atoms with Crippen LogP contribution in [-0.4, -0.2) is 34.4 Å². The zero-order chi connectivity index (χ0) is 21.9. The van der Waals surface area contributed by atoms with E-state index in [4.69, 9.17) is 14.2 Å². The van der Waals surface area contributed by atoms with Crippen LogP contribution in [0.5, 0.6) is 0 Å². The van der Waals surface area contributed by atoms with Crippen molar-refractivity contribution in [1.82, 2.24) is 0 Å². The van der Waals surface area contributed by atoms with Crippen LogP contribution in [0.3, 0.4) is 0 Å². The summed E-state index contributed by atoms with van der Waals surface area (Å²) in [6.45, 7) is 23.5. The lowest BCUT2D eigenvalue weighted by Gasteiger charge is -2.45. The lowest BCUT2D eigenvalue weighted by atomic mass is 9.70. The standard InChI is InChI=1S/C22H44O5/c1-13-22(12,27-21(10,11)25-16(2)3)26-20(8,9)15-18(4,5)14-19(6,7)17(23)24/h16H,13-15H2,1-12H3,(H,23,24). The van der Waals surface area contributed by atoms with Gasteiger partial charge in [0.05, 0.1) is 17.1 Å². The Bertz CT molecular complexity index is 491. The lowest BCUT2D eigenvalue weighted by molar-refractivity contribution is -0.370. The number of rotatable bonds is 12. The third-order valence-corrected chi connectivity index (χ3v) is 4.52. The van der Waals surface area contributed by atoms with Gasteiger partial charge in [0, 0.05) is 0 Å². The highest BCUT2D eigenvalue weighted by atomic mass is 16.8. The van der Waals surface area contributed by atoms with Crippen molar-refractivity contribution in [2.75, 3.05) is 0 Å². The molecule has 0 aromatic carbocycles. The number of carbonyl (C=O) groups is 1. The summed E-state index contributed by atoms with van der Waals surface area (Å²) in [5.41, 5.74) is -1.47. The fraction of sp³-hybridized carbons (Fsp3) is 0.955. The van der Waals surface area contributed by atoms with Gasteiger partial charge in [0.1, 0.15) is 0 Å². The molecule has 0 radical (unpaired) electrons. The van der Waals surface area contributed by atoms with Crippen LogP contribution in [0.4, 0.5) is 0 Å². The van der Waals surface area contributed by atoms with Crippen molar-refractivity contribution in [1.29, 1.82) is 0 Å². The van der Waals surface area contributed by atoms with Crippen LogP contribution in [0.1, 0.15) is 102 Å². The Hall–Kier alpha value is -0.650. The number of carboxylic acid groups (broad SMARTS) is 1. The molecule has 1 atom stereocenters. The molecule has 0 saturated carbocycles. The zero-order valence-electron chi connectivity index (χ0n) is 19.8. The summed E-state index contributed by atoms with van der Waals surface area (Å²) in [4.78, 5) is 11.5. The van der Waals surface area contributed by atoms with Crippen molar-refractivity contribution in [3.63, 3.8) is 0 Å². The number of hydrogen-bond donors (Lipinski definition) is 1. The first-order valence-corrected chi connectivity index (χ1v) is 10.1. The molecule has 0 fully saturated rings. The molecule has 1 N–H and O–H groups in total. The molecule has 0 aliphatic rings. The Labute approximate surface area is 167 Å². The van der Waals surface area contributed by atoms with Crippen molar-refractivity contribution in [3.8, 4) is 0 Å². The molecule has 0 heterocycles.